The quantitative estimate of drug-likeness (QED) is 0.427. The number of benzene rings is 1. The van der Waals surface area contributed by atoms with Crippen molar-refractivity contribution >= 4 is 43.3 Å². The number of halogens is 2. The van der Waals surface area contributed by atoms with Crippen molar-refractivity contribution in [1.82, 2.24) is 0 Å². The van der Waals surface area contributed by atoms with Crippen molar-refractivity contribution in [3.8, 4) is 5.75 Å². The van der Waals surface area contributed by atoms with Crippen molar-refractivity contribution in [2.45, 2.75) is 0 Å². The van der Waals surface area contributed by atoms with Crippen LogP contribution in [0.1, 0.15) is 10.6 Å². The molecule has 2 aromatic rings. The van der Waals surface area contributed by atoms with Gasteiger partial charge in [-0.25, -0.2) is 0 Å². The third kappa shape index (κ3) is 3.26. The van der Waals surface area contributed by atoms with Gasteiger partial charge in [0.05, 0.1) is 20.1 Å². The summed E-state index contributed by atoms with van der Waals surface area (Å²) in [4.78, 5) is 21.9. The van der Waals surface area contributed by atoms with E-state index in [1.54, 1.807) is 6.07 Å². The predicted molar refractivity (Wildman–Crippen MR) is 77.0 cm³/mol. The Labute approximate surface area is 130 Å². The molecule has 0 unspecified atom stereocenters. The van der Waals surface area contributed by atoms with Gasteiger partial charge in [0.2, 0.25) is 5.78 Å². The van der Waals surface area contributed by atoms with Gasteiger partial charge in [-0.15, -0.1) is 0 Å². The topological polar surface area (TPSA) is 82.6 Å². The number of rotatable bonds is 5. The number of nitrogens with zero attached hydrogens (tertiary/aromatic N) is 1. The highest BCUT2D eigenvalue weighted by Gasteiger charge is 2.17. The van der Waals surface area contributed by atoms with Gasteiger partial charge in [0.25, 0.3) is 5.69 Å². The lowest BCUT2D eigenvalue weighted by Gasteiger charge is -2.08. The fourth-order valence-electron chi connectivity index (χ4n) is 1.44. The lowest BCUT2D eigenvalue weighted by molar-refractivity contribution is -0.385. The van der Waals surface area contributed by atoms with Crippen LogP contribution in [0, 0.1) is 10.1 Å². The Bertz CT molecular complexity index is 631. The van der Waals surface area contributed by atoms with Crippen molar-refractivity contribution in [3.05, 3.63) is 55.3 Å². The zero-order valence-electron chi connectivity index (χ0n) is 9.84. The van der Waals surface area contributed by atoms with Crippen LogP contribution in [0.3, 0.4) is 0 Å². The number of hydrogen-bond donors (Lipinski definition) is 0. The number of nitro groups is 1. The highest BCUT2D eigenvalue weighted by atomic mass is 79.9. The smallest absolute Gasteiger partial charge is 0.271 e. The summed E-state index contributed by atoms with van der Waals surface area (Å²) in [5.74, 6) is 0.182. The van der Waals surface area contributed by atoms with E-state index in [2.05, 4.69) is 31.9 Å². The van der Waals surface area contributed by atoms with Crippen LogP contribution < -0.4 is 4.74 Å². The first-order valence-corrected chi connectivity index (χ1v) is 6.90. The number of carbonyl (C=O) groups is 1. The third-order valence-electron chi connectivity index (χ3n) is 2.34. The van der Waals surface area contributed by atoms with Crippen LogP contribution in [0.2, 0.25) is 0 Å². The van der Waals surface area contributed by atoms with Crippen LogP contribution in [0.5, 0.6) is 5.75 Å². The first-order valence-electron chi connectivity index (χ1n) is 5.32. The van der Waals surface area contributed by atoms with E-state index >= 15 is 0 Å². The van der Waals surface area contributed by atoms with Gasteiger partial charge in [0.15, 0.2) is 12.4 Å². The minimum Gasteiger partial charge on any atom is -0.483 e. The molecule has 0 spiro atoms. The van der Waals surface area contributed by atoms with Gasteiger partial charge in [0.1, 0.15) is 5.75 Å². The second-order valence-corrected chi connectivity index (χ2v) is 5.39. The molecule has 104 valence electrons. The Morgan fingerprint density at radius 1 is 1.35 bits per heavy atom. The molecule has 0 fully saturated rings. The van der Waals surface area contributed by atoms with E-state index in [4.69, 9.17) is 9.15 Å². The van der Waals surface area contributed by atoms with Crippen LogP contribution >= 0.6 is 31.9 Å². The second-order valence-electron chi connectivity index (χ2n) is 3.68. The Morgan fingerprint density at radius 3 is 2.50 bits per heavy atom. The molecule has 20 heavy (non-hydrogen) atoms. The maximum Gasteiger partial charge on any atom is 0.271 e. The van der Waals surface area contributed by atoms with Gasteiger partial charge in [-0.3, -0.25) is 14.9 Å². The molecule has 0 saturated heterocycles. The average Bonchev–Trinajstić information content (AvgIpc) is 2.91. The van der Waals surface area contributed by atoms with Gasteiger partial charge in [-0.2, -0.15) is 0 Å². The zero-order chi connectivity index (χ0) is 14.7. The van der Waals surface area contributed by atoms with Crippen LogP contribution in [0.15, 0.2) is 43.9 Å². The van der Waals surface area contributed by atoms with Crippen molar-refractivity contribution in [3.63, 3.8) is 0 Å². The molecule has 0 atom stereocenters. The molecular weight excluding hydrogens is 398 g/mol. The predicted octanol–water partition coefficient (Wildman–Crippen LogP) is 3.97. The van der Waals surface area contributed by atoms with Crippen LogP contribution in [-0.2, 0) is 0 Å². The minimum atomic E-state index is -0.521. The van der Waals surface area contributed by atoms with E-state index in [9.17, 15) is 14.9 Å². The highest BCUT2D eigenvalue weighted by molar-refractivity contribution is 9.11. The summed E-state index contributed by atoms with van der Waals surface area (Å²) in [5.41, 5.74) is -0.0894. The molecule has 8 heteroatoms. The Kier molecular flexibility index (Phi) is 4.56. The van der Waals surface area contributed by atoms with Crippen molar-refractivity contribution in [2.75, 3.05) is 6.61 Å². The molecular formula is C12H7Br2NO5. The number of ketones is 1. The molecule has 0 amide bonds. The molecule has 1 aromatic carbocycles. The maximum atomic E-state index is 11.7. The summed E-state index contributed by atoms with van der Waals surface area (Å²) >= 11 is 6.34. The van der Waals surface area contributed by atoms with Gasteiger partial charge in [-0.05, 0) is 44.0 Å². The Balaban J connectivity index is 2.14. The zero-order valence-corrected chi connectivity index (χ0v) is 13.0. The maximum absolute atomic E-state index is 11.7. The summed E-state index contributed by atoms with van der Waals surface area (Å²) in [6.07, 6.45) is 1.39. The van der Waals surface area contributed by atoms with Gasteiger partial charge in [0, 0.05) is 12.1 Å². The van der Waals surface area contributed by atoms with Crippen molar-refractivity contribution < 1.29 is 18.9 Å². The molecule has 0 N–H and O–H groups in total. The lowest BCUT2D eigenvalue weighted by atomic mass is 10.3. The number of non-ortho nitro benzene ring substituents is 1. The molecule has 0 saturated carbocycles. The lowest BCUT2D eigenvalue weighted by Crippen LogP contribution is -2.11. The molecule has 6 nitrogen and oxygen atoms in total. The van der Waals surface area contributed by atoms with Gasteiger partial charge >= 0.3 is 0 Å². The van der Waals surface area contributed by atoms with Gasteiger partial charge in [-0.1, -0.05) is 0 Å². The van der Waals surface area contributed by atoms with E-state index in [1.807, 2.05) is 0 Å². The van der Waals surface area contributed by atoms with Crippen LogP contribution in [0.25, 0.3) is 0 Å². The summed E-state index contributed by atoms with van der Waals surface area (Å²) in [7, 11) is 0. The average molecular weight is 405 g/mol. The first-order chi connectivity index (χ1) is 9.49. The standard InChI is InChI=1S/C12H7Br2NO5/c13-8-4-7(15(17)18)5-9(14)12(8)20-6-10(16)11-2-1-3-19-11/h1-5H,6H2. The molecule has 1 aromatic heterocycles. The number of Topliss-reactive ketones (excluding diaryl/α,β-unsaturated/α-hetero) is 1. The van der Waals surface area contributed by atoms with E-state index in [-0.39, 0.29) is 23.8 Å². The number of hydrogen-bond acceptors (Lipinski definition) is 5. The van der Waals surface area contributed by atoms with E-state index < -0.39 is 4.92 Å². The van der Waals surface area contributed by atoms with E-state index in [0.717, 1.165) is 0 Å². The molecule has 1 heterocycles. The SMILES string of the molecule is O=C(COc1c(Br)cc([N+](=O)[O-])cc1Br)c1ccco1. The molecule has 0 bridgehead atoms. The fourth-order valence-corrected chi connectivity index (χ4v) is 2.83. The van der Waals surface area contributed by atoms with Crippen molar-refractivity contribution in [1.29, 1.82) is 0 Å². The molecule has 0 aliphatic heterocycles. The molecule has 0 aliphatic rings. The molecule has 0 radical (unpaired) electrons. The summed E-state index contributed by atoms with van der Waals surface area (Å²) in [6, 6.07) is 5.74. The number of nitro benzene ring substituents is 1. The minimum absolute atomic E-state index is 0.0894. The number of furan rings is 1. The molecule has 0 aliphatic carbocycles. The Morgan fingerprint density at radius 2 is 2.00 bits per heavy atom. The normalized spacial score (nSPS) is 10.3. The number of carbonyl (C=O) groups excluding carboxylic acids is 1. The summed E-state index contributed by atoms with van der Waals surface area (Å²) in [6.45, 7) is -0.234. The fraction of sp³-hybridized carbons (Fsp3) is 0.0833. The van der Waals surface area contributed by atoms with Crippen LogP contribution in [-0.4, -0.2) is 17.3 Å². The highest BCUT2D eigenvalue weighted by Crippen LogP contribution is 2.37. The number of ether oxygens (including phenoxy) is 1. The second kappa shape index (κ2) is 6.19. The monoisotopic (exact) mass is 403 g/mol. The molecule has 2 rings (SSSR count). The summed E-state index contributed by atoms with van der Waals surface area (Å²) in [5, 5.41) is 10.7. The van der Waals surface area contributed by atoms with E-state index in [0.29, 0.717) is 14.7 Å². The first kappa shape index (κ1) is 14.7. The third-order valence-corrected chi connectivity index (χ3v) is 3.52. The Hall–Kier alpha value is -1.67. The van der Waals surface area contributed by atoms with Gasteiger partial charge < -0.3 is 9.15 Å². The van der Waals surface area contributed by atoms with Crippen molar-refractivity contribution in [2.24, 2.45) is 0 Å². The largest absolute Gasteiger partial charge is 0.483 e. The van der Waals surface area contributed by atoms with Crippen LogP contribution in [0.4, 0.5) is 5.69 Å². The van der Waals surface area contributed by atoms with E-state index in [1.165, 1.54) is 24.5 Å². The summed E-state index contributed by atoms with van der Waals surface area (Å²) < 4.78 is 11.1.